The number of hydrogen-bond acceptors (Lipinski definition) is 14. The monoisotopic (exact) mass is 970 g/mol. The van der Waals surface area contributed by atoms with Crippen LogP contribution < -0.4 is 21.3 Å². The van der Waals surface area contributed by atoms with Gasteiger partial charge in [0.1, 0.15) is 23.0 Å². The van der Waals surface area contributed by atoms with Gasteiger partial charge in [-0.1, -0.05) is 13.8 Å². The zero-order valence-electron chi connectivity index (χ0n) is 41.3. The Morgan fingerprint density at radius 2 is 0.956 bits per heavy atom. The van der Waals surface area contributed by atoms with Gasteiger partial charge in [-0.3, -0.25) is 19.2 Å². The molecule has 8 rings (SSSR count). The predicted molar refractivity (Wildman–Crippen MR) is 269 cm³/mol. The van der Waals surface area contributed by atoms with Crippen LogP contribution in [0.25, 0.3) is 20.9 Å². The number of aromatic nitrogens is 4. The Hall–Kier alpha value is -5.04. The number of carbonyl (C=O) groups is 4. The summed E-state index contributed by atoms with van der Waals surface area (Å²) < 4.78 is 0. The number of carbonyl (C=O) groups excluding carboxylic acids is 4. The molecule has 4 bridgehead atoms. The third-order valence-corrected chi connectivity index (χ3v) is 15.7. The molecule has 2 atom stereocenters. The molecule has 0 unspecified atom stereocenters. The lowest BCUT2D eigenvalue weighted by atomic mass is 10.0. The van der Waals surface area contributed by atoms with Crippen molar-refractivity contribution in [3.8, 4) is 20.9 Å². The maximum atomic E-state index is 13.7. The topological polar surface area (TPSA) is 215 Å². The molecule has 4 amide bonds. The molecule has 4 aromatic rings. The van der Waals surface area contributed by atoms with Gasteiger partial charge in [-0.2, -0.15) is 0 Å². The summed E-state index contributed by atoms with van der Waals surface area (Å²) in [7, 11) is 0. The van der Waals surface area contributed by atoms with Gasteiger partial charge in [-0.05, 0) is 143 Å². The third kappa shape index (κ3) is 11.7. The molecule has 4 aromatic heterocycles. The molecular formula is C50H70N10O6S2. The molecule has 68 heavy (non-hydrogen) atoms. The van der Waals surface area contributed by atoms with E-state index in [1.807, 2.05) is 35.8 Å². The highest BCUT2D eigenvalue weighted by molar-refractivity contribution is 7.17. The Kier molecular flexibility index (Phi) is 15.6. The maximum absolute atomic E-state index is 13.7. The Morgan fingerprint density at radius 1 is 0.632 bits per heavy atom. The number of thiazole rings is 2. The van der Waals surface area contributed by atoms with Crippen molar-refractivity contribution in [3.05, 3.63) is 57.1 Å². The molecule has 0 aromatic carbocycles. The van der Waals surface area contributed by atoms with Crippen molar-refractivity contribution in [1.29, 1.82) is 0 Å². The number of rotatable bonds is 16. The van der Waals surface area contributed by atoms with Crippen LogP contribution in [-0.4, -0.2) is 124 Å². The Morgan fingerprint density at radius 3 is 1.24 bits per heavy atom. The molecule has 4 aliphatic rings. The first kappa shape index (κ1) is 50.8. The second-order valence-electron chi connectivity index (χ2n) is 20.4. The van der Waals surface area contributed by atoms with Crippen LogP contribution in [-0.2, 0) is 0 Å². The second kappa shape index (κ2) is 20.9. The smallest absolute Gasteiger partial charge is 0.280 e. The first-order chi connectivity index (χ1) is 32.1. The SMILES string of the molecule is CC[C@@H](C)Nc1cc(C)c(-c2sc(C(=O)NCC(C)(C)O)nc2C(=O)N2C3CCC2CC3)cn1.CC[C@@H](C)Nc1cc(C)c(-c2sc(C(=O)NCC(C)(C)O)nc2C(=O)N2C3CCC2CC3)cn1. The molecule has 368 valence electrons. The summed E-state index contributed by atoms with van der Waals surface area (Å²) in [5, 5.41) is 32.6. The van der Waals surface area contributed by atoms with Gasteiger partial charge < -0.3 is 41.3 Å². The van der Waals surface area contributed by atoms with Crippen molar-refractivity contribution in [2.75, 3.05) is 23.7 Å². The lowest BCUT2D eigenvalue weighted by molar-refractivity contribution is 0.0691. The van der Waals surface area contributed by atoms with Crippen molar-refractivity contribution in [2.45, 2.75) is 181 Å². The summed E-state index contributed by atoms with van der Waals surface area (Å²) in [6, 6.07) is 5.61. The summed E-state index contributed by atoms with van der Waals surface area (Å²) in [5.41, 5.74) is 2.11. The molecule has 0 aliphatic carbocycles. The third-order valence-electron chi connectivity index (χ3n) is 13.5. The van der Waals surface area contributed by atoms with Crippen LogP contribution in [0.5, 0.6) is 0 Å². The largest absolute Gasteiger partial charge is 0.389 e. The average molecular weight is 971 g/mol. The van der Waals surface area contributed by atoms with Crippen LogP contribution in [0.1, 0.15) is 171 Å². The van der Waals surface area contributed by atoms with Crippen molar-refractivity contribution in [1.82, 2.24) is 40.4 Å². The van der Waals surface area contributed by atoms with Gasteiger partial charge in [0.15, 0.2) is 10.0 Å². The number of nitrogens with zero attached hydrogens (tertiary/aromatic N) is 6. The van der Waals surface area contributed by atoms with Crippen LogP contribution >= 0.6 is 22.7 Å². The normalized spacial score (nSPS) is 20.5. The number of fused-ring (bicyclic) bond motifs is 4. The molecule has 4 saturated heterocycles. The second-order valence-corrected chi connectivity index (χ2v) is 22.4. The van der Waals surface area contributed by atoms with Crippen molar-refractivity contribution < 1.29 is 29.4 Å². The fourth-order valence-electron chi connectivity index (χ4n) is 9.42. The summed E-state index contributed by atoms with van der Waals surface area (Å²) in [4.78, 5) is 76.6. The Bertz CT molecular complexity index is 2280. The molecule has 0 spiro atoms. The van der Waals surface area contributed by atoms with Gasteiger partial charge in [0.25, 0.3) is 23.6 Å². The fraction of sp³-hybridized carbons (Fsp3) is 0.600. The van der Waals surface area contributed by atoms with Crippen LogP contribution in [0.15, 0.2) is 24.5 Å². The molecule has 0 radical (unpaired) electrons. The van der Waals surface area contributed by atoms with E-state index in [0.29, 0.717) is 33.2 Å². The average Bonchev–Trinajstić information content (AvgIpc) is 4.17. The number of aliphatic hydroxyl groups is 2. The first-order valence-corrected chi connectivity index (χ1v) is 25.9. The molecule has 6 N–H and O–H groups in total. The standard InChI is InChI=1S/2C25H35N5O3S/c2*1-6-15(3)28-19-11-14(2)18(12-26-19)21-20(24(32)30-16-7-8-17(30)10-9-16)29-23(34-21)22(31)27-13-25(4,5)33/h2*11-12,15-17,33H,6-10,13H2,1-5H3,(H,26,28)(H,27,31)/t2*15-,16?,17?/m11/s1. The van der Waals surface area contributed by atoms with Gasteiger partial charge in [0, 0.05) is 72.9 Å². The van der Waals surface area contributed by atoms with E-state index in [9.17, 15) is 29.4 Å². The molecule has 4 aliphatic heterocycles. The van der Waals surface area contributed by atoms with E-state index in [2.05, 4.69) is 68.9 Å². The number of anilines is 2. The highest BCUT2D eigenvalue weighted by atomic mass is 32.1. The van der Waals surface area contributed by atoms with E-state index < -0.39 is 23.0 Å². The molecule has 18 heteroatoms. The molecule has 8 heterocycles. The van der Waals surface area contributed by atoms with E-state index in [1.165, 1.54) is 22.7 Å². The molecule has 4 fully saturated rings. The zero-order valence-corrected chi connectivity index (χ0v) is 42.9. The van der Waals surface area contributed by atoms with Crippen LogP contribution in [0, 0.1) is 13.8 Å². The summed E-state index contributed by atoms with van der Waals surface area (Å²) >= 11 is 2.41. The number of amides is 4. The number of aryl methyl sites for hydroxylation is 2. The zero-order chi connectivity index (χ0) is 49.2. The number of hydrogen-bond donors (Lipinski definition) is 6. The fourth-order valence-corrected chi connectivity index (χ4v) is 11.5. The maximum Gasteiger partial charge on any atom is 0.280 e. The quantitative estimate of drug-likeness (QED) is 0.0631. The van der Waals surface area contributed by atoms with Crippen LogP contribution in [0.3, 0.4) is 0 Å². The summed E-state index contributed by atoms with van der Waals surface area (Å²) in [5.74, 6) is 0.593. The molecule has 16 nitrogen and oxygen atoms in total. The van der Waals surface area contributed by atoms with Crippen molar-refractivity contribution in [3.63, 3.8) is 0 Å². The van der Waals surface area contributed by atoms with E-state index in [1.54, 1.807) is 40.1 Å². The number of nitrogens with one attached hydrogen (secondary N) is 4. The van der Waals surface area contributed by atoms with E-state index in [4.69, 9.17) is 0 Å². The van der Waals surface area contributed by atoms with Crippen molar-refractivity contribution >= 4 is 57.9 Å². The first-order valence-electron chi connectivity index (χ1n) is 24.3. The van der Waals surface area contributed by atoms with Crippen molar-refractivity contribution in [2.24, 2.45) is 0 Å². The minimum Gasteiger partial charge on any atom is -0.389 e. The lowest BCUT2D eigenvalue weighted by Crippen LogP contribution is -2.38. The highest BCUT2D eigenvalue weighted by Gasteiger charge is 2.45. The predicted octanol–water partition coefficient (Wildman–Crippen LogP) is 7.98. The molecule has 0 saturated carbocycles. The minimum atomic E-state index is -1.04. The van der Waals surface area contributed by atoms with Gasteiger partial charge in [0.05, 0.1) is 21.0 Å². The summed E-state index contributed by atoms with van der Waals surface area (Å²) in [6.07, 6.45) is 13.8. The minimum absolute atomic E-state index is 0.0941. The van der Waals surface area contributed by atoms with Gasteiger partial charge in [-0.25, -0.2) is 19.9 Å². The number of pyridine rings is 2. The lowest BCUT2D eigenvalue weighted by Gasteiger charge is -2.21. The van der Waals surface area contributed by atoms with E-state index in [-0.39, 0.29) is 59.1 Å². The van der Waals surface area contributed by atoms with Crippen LogP contribution in [0.4, 0.5) is 11.6 Å². The van der Waals surface area contributed by atoms with Gasteiger partial charge in [0.2, 0.25) is 0 Å². The van der Waals surface area contributed by atoms with Crippen LogP contribution in [0.2, 0.25) is 0 Å². The van der Waals surface area contributed by atoms with Gasteiger partial charge in [-0.15, -0.1) is 22.7 Å². The van der Waals surface area contributed by atoms with Gasteiger partial charge >= 0.3 is 0 Å². The van der Waals surface area contributed by atoms with E-state index in [0.717, 1.165) is 98.1 Å². The summed E-state index contributed by atoms with van der Waals surface area (Å²) in [6.45, 7) is 19.1. The highest BCUT2D eigenvalue weighted by Crippen LogP contribution is 2.43. The Labute approximate surface area is 408 Å². The molecular weight excluding hydrogens is 901 g/mol. The van der Waals surface area contributed by atoms with E-state index >= 15 is 0 Å². The Balaban J connectivity index is 0.000000201.